The van der Waals surface area contributed by atoms with Crippen LogP contribution in [0.2, 0.25) is 0 Å². The summed E-state index contributed by atoms with van der Waals surface area (Å²) >= 11 is 0. The number of carbonyl (C=O) groups excluding carboxylic acids is 1. The van der Waals surface area contributed by atoms with Gasteiger partial charge in [-0.05, 0) is 18.6 Å². The molecule has 2 aromatic rings. The standard InChI is InChI=1S/C16H18N2O3/c1-4-21-16(19)14-13(18(2)17-15(14)20-3)11-10-12-8-6-5-7-9-12/h5-11H,4H2,1-3H3/b11-10+. The minimum Gasteiger partial charge on any atom is -0.479 e. The van der Waals surface area contributed by atoms with Gasteiger partial charge in [0.05, 0.1) is 19.4 Å². The van der Waals surface area contributed by atoms with Crippen molar-refractivity contribution >= 4 is 18.1 Å². The third kappa shape index (κ3) is 3.31. The highest BCUT2D eigenvalue weighted by Gasteiger charge is 2.23. The molecule has 0 bridgehead atoms. The van der Waals surface area contributed by atoms with Gasteiger partial charge in [-0.3, -0.25) is 4.68 Å². The van der Waals surface area contributed by atoms with Crippen molar-refractivity contribution in [1.82, 2.24) is 9.78 Å². The zero-order valence-corrected chi connectivity index (χ0v) is 12.4. The van der Waals surface area contributed by atoms with E-state index in [1.165, 1.54) is 7.11 Å². The van der Waals surface area contributed by atoms with Gasteiger partial charge in [-0.15, -0.1) is 5.10 Å². The van der Waals surface area contributed by atoms with E-state index < -0.39 is 5.97 Å². The molecule has 0 radical (unpaired) electrons. The molecule has 2 rings (SSSR count). The van der Waals surface area contributed by atoms with E-state index in [9.17, 15) is 4.79 Å². The Morgan fingerprint density at radius 2 is 2.00 bits per heavy atom. The molecule has 0 saturated carbocycles. The molecule has 110 valence electrons. The number of hydrogen-bond acceptors (Lipinski definition) is 4. The van der Waals surface area contributed by atoms with Crippen molar-refractivity contribution in [2.24, 2.45) is 7.05 Å². The van der Waals surface area contributed by atoms with Gasteiger partial charge in [-0.25, -0.2) is 4.79 Å². The SMILES string of the molecule is CCOC(=O)c1c(OC)nn(C)c1/C=C/c1ccccc1. The molecule has 21 heavy (non-hydrogen) atoms. The number of benzene rings is 1. The van der Waals surface area contributed by atoms with Crippen molar-refractivity contribution in [1.29, 1.82) is 0 Å². The Kier molecular flexibility index (Phi) is 4.77. The van der Waals surface area contributed by atoms with Gasteiger partial charge >= 0.3 is 5.97 Å². The van der Waals surface area contributed by atoms with E-state index in [1.54, 1.807) is 18.7 Å². The zero-order valence-electron chi connectivity index (χ0n) is 12.4. The number of carbonyl (C=O) groups is 1. The second-order valence-electron chi connectivity index (χ2n) is 4.36. The zero-order chi connectivity index (χ0) is 15.2. The molecular formula is C16H18N2O3. The Balaban J connectivity index is 2.40. The van der Waals surface area contributed by atoms with Gasteiger partial charge in [0.1, 0.15) is 5.56 Å². The quantitative estimate of drug-likeness (QED) is 0.793. The van der Waals surface area contributed by atoms with Gasteiger partial charge in [0.2, 0.25) is 5.88 Å². The van der Waals surface area contributed by atoms with Gasteiger partial charge in [0.25, 0.3) is 0 Å². The highest BCUT2D eigenvalue weighted by molar-refractivity contribution is 5.96. The summed E-state index contributed by atoms with van der Waals surface area (Å²) in [5.74, 6) is -0.168. The second kappa shape index (κ2) is 6.74. The van der Waals surface area contributed by atoms with E-state index in [4.69, 9.17) is 9.47 Å². The van der Waals surface area contributed by atoms with Crippen LogP contribution in [0.4, 0.5) is 0 Å². The van der Waals surface area contributed by atoms with E-state index in [1.807, 2.05) is 42.5 Å². The molecule has 0 saturated heterocycles. The van der Waals surface area contributed by atoms with E-state index >= 15 is 0 Å². The minimum absolute atomic E-state index is 0.267. The Morgan fingerprint density at radius 3 is 2.62 bits per heavy atom. The molecule has 0 amide bonds. The van der Waals surface area contributed by atoms with Crippen LogP contribution in [0.5, 0.6) is 5.88 Å². The summed E-state index contributed by atoms with van der Waals surface area (Å²) in [6, 6.07) is 9.82. The Bertz CT molecular complexity index is 645. The molecule has 0 N–H and O–H groups in total. The normalized spacial score (nSPS) is 10.8. The van der Waals surface area contributed by atoms with Crippen LogP contribution in [0.1, 0.15) is 28.5 Å². The lowest BCUT2D eigenvalue weighted by Crippen LogP contribution is -2.07. The molecule has 0 fully saturated rings. The fourth-order valence-corrected chi connectivity index (χ4v) is 1.98. The second-order valence-corrected chi connectivity index (χ2v) is 4.36. The molecule has 0 spiro atoms. The molecular weight excluding hydrogens is 268 g/mol. The van der Waals surface area contributed by atoms with Gasteiger partial charge < -0.3 is 9.47 Å². The summed E-state index contributed by atoms with van der Waals surface area (Å²) in [7, 11) is 3.24. The lowest BCUT2D eigenvalue weighted by atomic mass is 10.1. The monoisotopic (exact) mass is 286 g/mol. The number of nitrogens with zero attached hydrogens (tertiary/aromatic N) is 2. The first kappa shape index (κ1) is 14.8. The topological polar surface area (TPSA) is 53.4 Å². The van der Waals surface area contributed by atoms with Crippen molar-refractivity contribution in [3.05, 3.63) is 47.2 Å². The van der Waals surface area contributed by atoms with Crippen LogP contribution >= 0.6 is 0 Å². The van der Waals surface area contributed by atoms with E-state index in [0.29, 0.717) is 17.9 Å². The Labute approximate surface area is 123 Å². The van der Waals surface area contributed by atoms with Crippen molar-refractivity contribution < 1.29 is 14.3 Å². The first-order valence-corrected chi connectivity index (χ1v) is 6.68. The van der Waals surface area contributed by atoms with E-state index in [2.05, 4.69) is 5.10 Å². The van der Waals surface area contributed by atoms with Gasteiger partial charge in [-0.1, -0.05) is 36.4 Å². The summed E-state index contributed by atoms with van der Waals surface area (Å²) in [4.78, 5) is 12.1. The number of esters is 1. The predicted molar refractivity (Wildman–Crippen MR) is 81.1 cm³/mol. The molecule has 0 aliphatic rings. The molecule has 1 aromatic carbocycles. The van der Waals surface area contributed by atoms with Crippen LogP contribution in [0.3, 0.4) is 0 Å². The van der Waals surface area contributed by atoms with Crippen molar-refractivity contribution in [2.45, 2.75) is 6.92 Å². The molecule has 0 unspecified atom stereocenters. The summed E-state index contributed by atoms with van der Waals surface area (Å²) in [6.45, 7) is 2.07. The van der Waals surface area contributed by atoms with Crippen LogP contribution in [-0.4, -0.2) is 29.5 Å². The highest BCUT2D eigenvalue weighted by atomic mass is 16.5. The molecule has 0 aliphatic carbocycles. The fraction of sp³-hybridized carbons (Fsp3) is 0.250. The lowest BCUT2D eigenvalue weighted by molar-refractivity contribution is 0.0522. The Hall–Kier alpha value is -2.56. The number of aromatic nitrogens is 2. The third-order valence-corrected chi connectivity index (χ3v) is 2.97. The van der Waals surface area contributed by atoms with Crippen LogP contribution < -0.4 is 4.74 Å². The molecule has 1 heterocycles. The van der Waals surface area contributed by atoms with Crippen LogP contribution in [0.15, 0.2) is 30.3 Å². The first-order chi connectivity index (χ1) is 10.2. The summed E-state index contributed by atoms with van der Waals surface area (Å²) in [6.07, 6.45) is 3.75. The fourth-order valence-electron chi connectivity index (χ4n) is 1.98. The minimum atomic E-state index is -0.435. The molecule has 1 aromatic heterocycles. The number of aryl methyl sites for hydroxylation is 1. The molecule has 5 heteroatoms. The average Bonchev–Trinajstić information content (AvgIpc) is 2.82. The molecule has 0 atom stereocenters. The third-order valence-electron chi connectivity index (χ3n) is 2.97. The maximum atomic E-state index is 12.1. The first-order valence-electron chi connectivity index (χ1n) is 6.68. The van der Waals surface area contributed by atoms with Crippen LogP contribution in [0.25, 0.3) is 12.2 Å². The number of methoxy groups -OCH3 is 1. The highest BCUT2D eigenvalue weighted by Crippen LogP contribution is 2.23. The van der Waals surface area contributed by atoms with Gasteiger partial charge in [0.15, 0.2) is 0 Å². The van der Waals surface area contributed by atoms with Gasteiger partial charge in [-0.2, -0.15) is 0 Å². The predicted octanol–water partition coefficient (Wildman–Crippen LogP) is 2.78. The number of rotatable bonds is 5. The molecule has 0 aliphatic heterocycles. The van der Waals surface area contributed by atoms with Gasteiger partial charge in [0, 0.05) is 7.05 Å². The largest absolute Gasteiger partial charge is 0.479 e. The summed E-state index contributed by atoms with van der Waals surface area (Å²) in [5, 5.41) is 4.19. The van der Waals surface area contributed by atoms with E-state index in [-0.39, 0.29) is 5.88 Å². The molecule has 5 nitrogen and oxygen atoms in total. The average molecular weight is 286 g/mol. The summed E-state index contributed by atoms with van der Waals surface area (Å²) in [5.41, 5.74) is 2.02. The maximum absolute atomic E-state index is 12.1. The smallest absolute Gasteiger partial charge is 0.345 e. The van der Waals surface area contributed by atoms with Crippen LogP contribution in [0, 0.1) is 0 Å². The van der Waals surface area contributed by atoms with Crippen molar-refractivity contribution in [3.63, 3.8) is 0 Å². The number of ether oxygens (including phenoxy) is 2. The van der Waals surface area contributed by atoms with Crippen LogP contribution in [-0.2, 0) is 11.8 Å². The summed E-state index contributed by atoms with van der Waals surface area (Å²) < 4.78 is 11.8. The Morgan fingerprint density at radius 1 is 1.29 bits per heavy atom. The van der Waals surface area contributed by atoms with E-state index in [0.717, 1.165) is 5.56 Å². The lowest BCUT2D eigenvalue weighted by Gasteiger charge is -2.03. The van der Waals surface area contributed by atoms with Crippen molar-refractivity contribution in [2.75, 3.05) is 13.7 Å². The maximum Gasteiger partial charge on any atom is 0.345 e. The number of hydrogen-bond donors (Lipinski definition) is 0. The van der Waals surface area contributed by atoms with Crippen molar-refractivity contribution in [3.8, 4) is 5.88 Å².